The number of fused-ring (bicyclic) bond motifs is 10. The summed E-state index contributed by atoms with van der Waals surface area (Å²) in [6.45, 7) is 0. The first kappa shape index (κ1) is 13.2. The van der Waals surface area contributed by atoms with Gasteiger partial charge in [0.15, 0.2) is 17.5 Å². The largest absolute Gasteiger partial charge is 0.309 e. The third kappa shape index (κ3) is 4.40. The number of hydrogen-bond donors (Lipinski definition) is 0. The quantitative estimate of drug-likeness (QED) is 0.182. The van der Waals surface area contributed by atoms with Gasteiger partial charge in [-0.3, -0.25) is 0 Å². The minimum atomic E-state index is -0.991. The van der Waals surface area contributed by atoms with E-state index >= 15 is 0 Å². The first-order valence-corrected chi connectivity index (χ1v) is 16.5. The molecule has 7 aromatic carbocycles. The number of thiophene rings is 2. The molecular formula is C45H26N4S2. The minimum absolute atomic E-state index is 0.0180. The third-order valence-corrected chi connectivity index (χ3v) is 10.3. The highest BCUT2D eigenvalue weighted by Gasteiger charge is 2.19. The third-order valence-electron chi connectivity index (χ3n) is 8.05. The zero-order valence-corrected chi connectivity index (χ0v) is 26.7. The number of benzene rings is 7. The van der Waals surface area contributed by atoms with Gasteiger partial charge in [0.1, 0.15) is 0 Å². The van der Waals surface area contributed by atoms with Crippen molar-refractivity contribution in [1.29, 1.82) is 0 Å². The Labute approximate surface area is 337 Å². The van der Waals surface area contributed by atoms with Crippen molar-refractivity contribution >= 4 is 84.8 Å². The molecule has 4 heterocycles. The second-order valence-corrected chi connectivity index (χ2v) is 12.9. The topological polar surface area (TPSA) is 43.6 Å². The van der Waals surface area contributed by atoms with Crippen molar-refractivity contribution in [2.45, 2.75) is 0 Å². The van der Waals surface area contributed by atoms with Gasteiger partial charge in [-0.05, 0) is 54.4 Å². The van der Waals surface area contributed by atoms with Crippen LogP contribution in [0, 0.1) is 0 Å². The second kappa shape index (κ2) is 11.2. The van der Waals surface area contributed by atoms with Gasteiger partial charge >= 0.3 is 0 Å². The van der Waals surface area contributed by atoms with Crippen LogP contribution < -0.4 is 0 Å². The van der Waals surface area contributed by atoms with Crippen LogP contribution in [-0.4, -0.2) is 19.5 Å². The Morgan fingerprint density at radius 3 is 1.73 bits per heavy atom. The summed E-state index contributed by atoms with van der Waals surface area (Å²) < 4.78 is 231. The Hall–Kier alpha value is -6.21. The molecule has 0 atom stereocenters. The molecule has 0 amide bonds. The molecule has 4 aromatic heterocycles. The predicted octanol–water partition coefficient (Wildman–Crippen LogP) is 12.7. The Kier molecular flexibility index (Phi) is 2.88. The van der Waals surface area contributed by atoms with E-state index in [9.17, 15) is 11.0 Å². The maximum atomic E-state index is 9.62. The lowest BCUT2D eigenvalue weighted by atomic mass is 10.1. The van der Waals surface area contributed by atoms with E-state index in [0.717, 1.165) is 15.9 Å². The average Bonchev–Trinajstić information content (AvgIpc) is 4.11. The Morgan fingerprint density at radius 1 is 0.412 bits per heavy atom. The van der Waals surface area contributed by atoms with Gasteiger partial charge < -0.3 is 4.57 Å². The molecule has 4 nitrogen and oxygen atoms in total. The first-order valence-electron chi connectivity index (χ1n) is 27.8. The lowest BCUT2D eigenvalue weighted by molar-refractivity contribution is 1.08. The lowest BCUT2D eigenvalue weighted by Crippen LogP contribution is -2.00. The molecule has 51 heavy (non-hydrogen) atoms. The molecule has 238 valence electrons. The molecule has 0 fully saturated rings. The van der Waals surface area contributed by atoms with Gasteiger partial charge in [-0.15, -0.1) is 22.7 Å². The molecule has 11 aromatic rings. The van der Waals surface area contributed by atoms with Gasteiger partial charge in [-0.1, -0.05) is 103 Å². The molecule has 0 aliphatic rings. The number of hydrogen-bond acceptors (Lipinski definition) is 5. The fourth-order valence-corrected chi connectivity index (χ4v) is 8.06. The summed E-state index contributed by atoms with van der Waals surface area (Å²) in [4.78, 5) is 13.3. The molecule has 0 bridgehead atoms. The molecule has 0 N–H and O–H groups in total. The summed E-state index contributed by atoms with van der Waals surface area (Å²) >= 11 is 1.43. The fraction of sp³-hybridized carbons (Fsp3) is 0. The van der Waals surface area contributed by atoms with Gasteiger partial charge in [-0.25, -0.2) is 15.0 Å². The zero-order chi connectivity index (χ0) is 56.1. The summed E-state index contributed by atoms with van der Waals surface area (Å²) in [5.41, 5.74) is -3.53. The molecule has 11 rings (SSSR count). The number of para-hydroxylation sites is 1. The fourth-order valence-electron chi connectivity index (χ4n) is 5.89. The molecular weight excluding hydrogens is 661 g/mol. The van der Waals surface area contributed by atoms with E-state index in [1.165, 1.54) is 0 Å². The average molecular weight is 713 g/mol. The van der Waals surface area contributed by atoms with Gasteiger partial charge in [0.25, 0.3) is 0 Å². The van der Waals surface area contributed by atoms with Crippen molar-refractivity contribution in [3.8, 4) is 39.9 Å². The second-order valence-electron chi connectivity index (χ2n) is 10.8. The highest BCUT2D eigenvalue weighted by atomic mass is 32.1. The Bertz CT molecular complexity index is 4600. The van der Waals surface area contributed by atoms with E-state index in [-0.39, 0.29) is 51.1 Å². The monoisotopic (exact) mass is 712 g/mol. The number of rotatable bonds is 4. The van der Waals surface area contributed by atoms with Gasteiger partial charge in [0, 0.05) is 73.5 Å². The van der Waals surface area contributed by atoms with Crippen LogP contribution in [0.4, 0.5) is 0 Å². The maximum Gasteiger partial charge on any atom is 0.165 e. The van der Waals surface area contributed by atoms with Crippen molar-refractivity contribution in [1.82, 2.24) is 19.5 Å². The van der Waals surface area contributed by atoms with E-state index in [1.54, 1.807) is 0 Å². The lowest BCUT2D eigenvalue weighted by Gasteiger charge is -2.11. The van der Waals surface area contributed by atoms with Crippen LogP contribution >= 0.6 is 22.7 Å². The van der Waals surface area contributed by atoms with Crippen LogP contribution in [0.5, 0.6) is 0 Å². The Morgan fingerprint density at radius 2 is 0.980 bits per heavy atom. The van der Waals surface area contributed by atoms with E-state index in [1.807, 2.05) is 0 Å². The molecule has 0 aliphatic carbocycles. The molecule has 0 saturated carbocycles. The van der Waals surface area contributed by atoms with Crippen LogP contribution in [0.15, 0.2) is 157 Å². The van der Waals surface area contributed by atoms with Crippen LogP contribution in [0.2, 0.25) is 0 Å². The Balaban J connectivity index is 1.28. The summed E-state index contributed by atoms with van der Waals surface area (Å²) in [5, 5.41) is -1.20. The zero-order valence-electron chi connectivity index (χ0n) is 51.1. The highest BCUT2D eigenvalue weighted by molar-refractivity contribution is 7.27. The summed E-state index contributed by atoms with van der Waals surface area (Å²) in [6, 6.07) is -19.5. The van der Waals surface area contributed by atoms with E-state index in [4.69, 9.17) is 24.7 Å². The van der Waals surface area contributed by atoms with Crippen molar-refractivity contribution in [3.63, 3.8) is 0 Å². The van der Waals surface area contributed by atoms with Gasteiger partial charge in [0.05, 0.1) is 46.7 Å². The van der Waals surface area contributed by atoms with E-state index < -0.39 is 208 Å². The van der Waals surface area contributed by atoms with Gasteiger partial charge in [-0.2, -0.15) is 0 Å². The minimum Gasteiger partial charge on any atom is -0.309 e. The van der Waals surface area contributed by atoms with Crippen molar-refractivity contribution in [2.75, 3.05) is 0 Å². The smallest absolute Gasteiger partial charge is 0.165 e. The van der Waals surface area contributed by atoms with Crippen LogP contribution in [0.1, 0.15) is 35.6 Å². The standard InChI is InChI=1S/C45H26N4S2/c1-2-11-27(12-3-1)43-46-44(48-45(47-43)35-17-10-16-32-30-13-5-8-19-38(30)50-41(32)35)28-21-23-29(24-22-28)49-36-18-7-4-15-34(36)40-37(49)26-25-33-31-14-6-9-20-39(31)51-42(33)40/h1-26H/i1D,2D,3D,4D,5D,6D,7D,8D,9D,10D,11D,12D,13D,14D,15D,16D,17D,18D,19D,20D,21D,22D,23D,24D,25D,26D. The number of nitrogens with zero attached hydrogens (tertiary/aromatic N) is 4. The summed E-state index contributed by atoms with van der Waals surface area (Å²) in [7, 11) is 0. The number of aromatic nitrogens is 4. The van der Waals surface area contributed by atoms with Gasteiger partial charge in [0.2, 0.25) is 0 Å². The molecule has 0 radical (unpaired) electrons. The molecule has 0 aliphatic heterocycles. The molecule has 0 unspecified atom stereocenters. The van der Waals surface area contributed by atoms with E-state index in [0.29, 0.717) is 11.3 Å². The normalized spacial score (nSPS) is 19.1. The van der Waals surface area contributed by atoms with Crippen LogP contribution in [-0.2, 0) is 0 Å². The maximum absolute atomic E-state index is 9.62. The van der Waals surface area contributed by atoms with Crippen molar-refractivity contribution < 1.29 is 35.6 Å². The van der Waals surface area contributed by atoms with Crippen molar-refractivity contribution in [2.24, 2.45) is 0 Å². The molecule has 6 heteroatoms. The molecule has 0 spiro atoms. The summed E-state index contributed by atoms with van der Waals surface area (Å²) in [5.74, 6) is -2.22. The van der Waals surface area contributed by atoms with Crippen LogP contribution in [0.3, 0.4) is 0 Å². The SMILES string of the molecule is [2H]c1c([2H])c([2H])c(-c2nc(-c3c([2H])c([2H])c(-n4c5c([2H])c([2H])c([2H])c([2H])c5c5c6sc7c([2H])c([2H])c([2H])c([2H])c7c6c([2H])c([2H])c54)c([2H])c3[2H])nc(-c3c([2H])c([2H])c([2H])c4c3sc3c([2H])c([2H])c([2H])c([2H])c34)n2)c([2H])c1[2H]. The van der Waals surface area contributed by atoms with Crippen molar-refractivity contribution in [3.05, 3.63) is 157 Å². The predicted molar refractivity (Wildman–Crippen MR) is 216 cm³/mol. The molecule has 0 saturated heterocycles. The summed E-state index contributed by atoms with van der Waals surface area (Å²) in [6.07, 6.45) is 0. The first-order chi connectivity index (χ1) is 36.1. The highest BCUT2D eigenvalue weighted by Crippen LogP contribution is 2.44. The van der Waals surface area contributed by atoms with E-state index in [2.05, 4.69) is 15.0 Å². The van der Waals surface area contributed by atoms with Crippen LogP contribution in [0.25, 0.3) is 102 Å².